The molecule has 0 spiro atoms. The Labute approximate surface area is 118 Å². The Morgan fingerprint density at radius 3 is 2.40 bits per heavy atom. The van der Waals surface area contributed by atoms with E-state index >= 15 is 0 Å². The molecule has 1 aliphatic rings. The molecule has 110 valence electrons. The molecular formula is C14H21FN4O. The molecule has 0 bridgehead atoms. The zero-order chi connectivity index (χ0) is 14.5. The molecule has 0 aromatic heterocycles. The van der Waals surface area contributed by atoms with Crippen LogP contribution >= 0.6 is 0 Å². The molecule has 0 radical (unpaired) electrons. The van der Waals surface area contributed by atoms with Gasteiger partial charge in [0.05, 0.1) is 6.04 Å². The molecule has 5 nitrogen and oxygen atoms in total. The first-order valence-corrected chi connectivity index (χ1v) is 6.90. The largest absolute Gasteiger partial charge is 0.369 e. The minimum absolute atomic E-state index is 0.136. The summed E-state index contributed by atoms with van der Waals surface area (Å²) in [6, 6.07) is 6.34. The third kappa shape index (κ3) is 3.26. The summed E-state index contributed by atoms with van der Waals surface area (Å²) in [7, 11) is 0. The fraction of sp³-hybridized carbons (Fsp3) is 0.500. The van der Waals surface area contributed by atoms with Crippen molar-refractivity contribution in [1.82, 2.24) is 10.3 Å². The van der Waals surface area contributed by atoms with Crippen molar-refractivity contribution in [2.75, 3.05) is 31.1 Å². The number of piperazine rings is 1. The van der Waals surface area contributed by atoms with Gasteiger partial charge in [0.15, 0.2) is 0 Å². The Hall–Kier alpha value is -1.66. The van der Waals surface area contributed by atoms with Crippen LogP contribution in [0.3, 0.4) is 0 Å². The first-order chi connectivity index (χ1) is 9.65. The molecule has 3 N–H and O–H groups in total. The normalized spacial score (nSPS) is 17.9. The molecule has 1 fully saturated rings. The molecule has 0 saturated carbocycles. The summed E-state index contributed by atoms with van der Waals surface area (Å²) in [4.78, 5) is 16.0. The van der Waals surface area contributed by atoms with Crippen LogP contribution in [0, 0.1) is 5.82 Å². The standard InChI is InChI=1S/C14H21FN4O/c1-2-13(14(20)17-16)19-9-7-18(8-10-19)12-5-3-11(15)4-6-12/h3-6,13H,2,7-10,16H2,1H3,(H,17,20). The van der Waals surface area contributed by atoms with Gasteiger partial charge in [0.25, 0.3) is 5.91 Å². The van der Waals surface area contributed by atoms with Crippen molar-refractivity contribution in [2.45, 2.75) is 19.4 Å². The monoisotopic (exact) mass is 280 g/mol. The zero-order valence-corrected chi connectivity index (χ0v) is 11.7. The van der Waals surface area contributed by atoms with Gasteiger partial charge in [0.1, 0.15) is 5.82 Å². The topological polar surface area (TPSA) is 61.6 Å². The summed E-state index contributed by atoms with van der Waals surface area (Å²) in [5.41, 5.74) is 3.24. The Morgan fingerprint density at radius 1 is 1.30 bits per heavy atom. The first-order valence-electron chi connectivity index (χ1n) is 6.90. The molecule has 1 aromatic carbocycles. The second-order valence-electron chi connectivity index (χ2n) is 4.93. The fourth-order valence-corrected chi connectivity index (χ4v) is 2.65. The average Bonchev–Trinajstić information content (AvgIpc) is 2.49. The van der Waals surface area contributed by atoms with Gasteiger partial charge in [0, 0.05) is 31.9 Å². The number of carbonyl (C=O) groups is 1. The Kier molecular flexibility index (Phi) is 4.92. The highest BCUT2D eigenvalue weighted by Gasteiger charge is 2.27. The number of hydrogen-bond donors (Lipinski definition) is 2. The van der Waals surface area contributed by atoms with Crippen molar-refractivity contribution >= 4 is 11.6 Å². The number of rotatable bonds is 4. The van der Waals surface area contributed by atoms with Gasteiger partial charge in [-0.2, -0.15) is 0 Å². The minimum atomic E-state index is -0.224. The predicted molar refractivity (Wildman–Crippen MR) is 76.6 cm³/mol. The smallest absolute Gasteiger partial charge is 0.251 e. The van der Waals surface area contributed by atoms with Crippen LogP contribution in [0.5, 0.6) is 0 Å². The number of hydrogen-bond acceptors (Lipinski definition) is 4. The lowest BCUT2D eigenvalue weighted by Gasteiger charge is -2.39. The number of amides is 1. The van der Waals surface area contributed by atoms with E-state index in [0.717, 1.165) is 38.3 Å². The second-order valence-corrected chi connectivity index (χ2v) is 4.93. The molecule has 2 rings (SSSR count). The molecular weight excluding hydrogens is 259 g/mol. The van der Waals surface area contributed by atoms with E-state index in [1.807, 2.05) is 6.92 Å². The van der Waals surface area contributed by atoms with Crippen LogP contribution in [-0.2, 0) is 4.79 Å². The van der Waals surface area contributed by atoms with Gasteiger partial charge in [-0.15, -0.1) is 0 Å². The SMILES string of the molecule is CCC(C(=O)NN)N1CCN(c2ccc(F)cc2)CC1. The van der Waals surface area contributed by atoms with Crippen molar-refractivity contribution in [3.05, 3.63) is 30.1 Å². The van der Waals surface area contributed by atoms with Gasteiger partial charge in [-0.05, 0) is 30.7 Å². The molecule has 6 heteroatoms. The first kappa shape index (κ1) is 14.7. The van der Waals surface area contributed by atoms with Gasteiger partial charge in [-0.3, -0.25) is 15.1 Å². The van der Waals surface area contributed by atoms with Crippen molar-refractivity contribution in [3.8, 4) is 0 Å². The fourth-order valence-electron chi connectivity index (χ4n) is 2.65. The van der Waals surface area contributed by atoms with Crippen molar-refractivity contribution in [1.29, 1.82) is 0 Å². The molecule has 1 unspecified atom stereocenters. The molecule has 1 aliphatic heterocycles. The Balaban J connectivity index is 1.94. The maximum Gasteiger partial charge on any atom is 0.251 e. The highest BCUT2D eigenvalue weighted by molar-refractivity contribution is 5.81. The van der Waals surface area contributed by atoms with Gasteiger partial charge in [-0.25, -0.2) is 10.2 Å². The van der Waals surface area contributed by atoms with Crippen LogP contribution in [0.2, 0.25) is 0 Å². The van der Waals surface area contributed by atoms with Gasteiger partial charge in [-0.1, -0.05) is 6.92 Å². The summed E-state index contributed by atoms with van der Waals surface area (Å²) in [6.45, 7) is 5.21. The highest BCUT2D eigenvalue weighted by Crippen LogP contribution is 2.18. The third-order valence-electron chi connectivity index (χ3n) is 3.78. The zero-order valence-electron chi connectivity index (χ0n) is 11.7. The number of hydrazine groups is 1. The lowest BCUT2D eigenvalue weighted by Crippen LogP contribution is -2.55. The van der Waals surface area contributed by atoms with Crippen molar-refractivity contribution < 1.29 is 9.18 Å². The van der Waals surface area contributed by atoms with Crippen LogP contribution in [0.1, 0.15) is 13.3 Å². The van der Waals surface area contributed by atoms with Crippen LogP contribution in [0.25, 0.3) is 0 Å². The molecule has 1 amide bonds. The average molecular weight is 280 g/mol. The molecule has 1 heterocycles. The molecule has 1 saturated heterocycles. The number of nitrogens with zero attached hydrogens (tertiary/aromatic N) is 2. The van der Waals surface area contributed by atoms with Crippen LogP contribution < -0.4 is 16.2 Å². The van der Waals surface area contributed by atoms with E-state index in [1.165, 1.54) is 12.1 Å². The lowest BCUT2D eigenvalue weighted by atomic mass is 10.1. The molecule has 1 atom stereocenters. The lowest BCUT2D eigenvalue weighted by molar-refractivity contribution is -0.126. The Bertz CT molecular complexity index is 443. The van der Waals surface area contributed by atoms with Crippen LogP contribution in [0.15, 0.2) is 24.3 Å². The summed E-state index contributed by atoms with van der Waals surface area (Å²) >= 11 is 0. The quantitative estimate of drug-likeness (QED) is 0.484. The van der Waals surface area contributed by atoms with Gasteiger partial charge < -0.3 is 4.90 Å². The molecule has 1 aromatic rings. The molecule has 20 heavy (non-hydrogen) atoms. The van der Waals surface area contributed by atoms with Crippen LogP contribution in [0.4, 0.5) is 10.1 Å². The number of nitrogens with one attached hydrogen (secondary N) is 1. The predicted octanol–water partition coefficient (Wildman–Crippen LogP) is 0.716. The van der Waals surface area contributed by atoms with Crippen molar-refractivity contribution in [3.63, 3.8) is 0 Å². The summed E-state index contributed by atoms with van der Waals surface area (Å²) in [5.74, 6) is 4.86. The van der Waals surface area contributed by atoms with Gasteiger partial charge >= 0.3 is 0 Å². The number of anilines is 1. The van der Waals surface area contributed by atoms with Crippen molar-refractivity contribution in [2.24, 2.45) is 5.84 Å². The highest BCUT2D eigenvalue weighted by atomic mass is 19.1. The minimum Gasteiger partial charge on any atom is -0.369 e. The molecule has 0 aliphatic carbocycles. The number of carbonyl (C=O) groups excluding carboxylic acids is 1. The number of benzene rings is 1. The van der Waals surface area contributed by atoms with E-state index < -0.39 is 0 Å². The number of halogens is 1. The summed E-state index contributed by atoms with van der Waals surface area (Å²) in [5, 5.41) is 0. The van der Waals surface area contributed by atoms with E-state index in [9.17, 15) is 9.18 Å². The van der Waals surface area contributed by atoms with Crippen LogP contribution in [-0.4, -0.2) is 43.0 Å². The summed E-state index contributed by atoms with van der Waals surface area (Å²) in [6.07, 6.45) is 0.736. The summed E-state index contributed by atoms with van der Waals surface area (Å²) < 4.78 is 12.9. The Morgan fingerprint density at radius 2 is 1.90 bits per heavy atom. The van der Waals surface area contributed by atoms with E-state index in [1.54, 1.807) is 12.1 Å². The third-order valence-corrected chi connectivity index (χ3v) is 3.78. The van der Waals surface area contributed by atoms with Gasteiger partial charge in [0.2, 0.25) is 0 Å². The number of nitrogens with two attached hydrogens (primary N) is 1. The maximum absolute atomic E-state index is 12.9. The van der Waals surface area contributed by atoms with E-state index in [0.29, 0.717) is 0 Å². The maximum atomic E-state index is 12.9. The van der Waals surface area contributed by atoms with E-state index in [2.05, 4.69) is 15.2 Å². The second kappa shape index (κ2) is 6.67. The van der Waals surface area contributed by atoms with E-state index in [-0.39, 0.29) is 17.8 Å². The van der Waals surface area contributed by atoms with E-state index in [4.69, 9.17) is 5.84 Å².